The highest BCUT2D eigenvalue weighted by Crippen LogP contribution is 2.46. The topological polar surface area (TPSA) is 151 Å². The van der Waals surface area contributed by atoms with Crippen molar-refractivity contribution in [3.63, 3.8) is 0 Å². The Labute approximate surface area is 291 Å². The van der Waals surface area contributed by atoms with Crippen LogP contribution >= 0.6 is 27.5 Å². The summed E-state index contributed by atoms with van der Waals surface area (Å²) in [5.41, 5.74) is -2.32. The van der Waals surface area contributed by atoms with Crippen LogP contribution in [0.1, 0.15) is 78.0 Å². The summed E-state index contributed by atoms with van der Waals surface area (Å²) in [5.74, 6) is -1.15. The normalized spacial score (nSPS) is 18.7. The first-order valence-electron chi connectivity index (χ1n) is 15.4. The van der Waals surface area contributed by atoms with E-state index in [2.05, 4.69) is 41.7 Å². The number of alkyl carbamates (subject to hydrolysis) is 2. The molecule has 1 aliphatic heterocycles. The molecular weight excluding hydrogens is 709 g/mol. The molecule has 1 saturated carbocycles. The Balaban J connectivity index is 1.68. The Kier molecular flexibility index (Phi) is 9.89. The highest BCUT2D eigenvalue weighted by molar-refractivity contribution is 9.10. The molecule has 3 aromatic rings. The van der Waals surface area contributed by atoms with Crippen molar-refractivity contribution in [3.05, 3.63) is 69.2 Å². The lowest BCUT2D eigenvalue weighted by atomic mass is 9.75. The number of guanidine groups is 1. The number of nitrogens with zero attached hydrogens (tertiary/aromatic N) is 4. The molecule has 15 heteroatoms. The van der Waals surface area contributed by atoms with E-state index >= 15 is 9.18 Å². The van der Waals surface area contributed by atoms with Crippen LogP contribution in [0.3, 0.4) is 0 Å². The van der Waals surface area contributed by atoms with Gasteiger partial charge in [0.05, 0.1) is 11.1 Å². The number of aliphatic imine (C=N–C) groups is 1. The maximum absolute atomic E-state index is 15.9. The minimum absolute atomic E-state index is 0.0150. The molecular formula is C33H38BrClFN7O5. The molecule has 2 aliphatic rings. The zero-order valence-electron chi connectivity index (χ0n) is 27.5. The Morgan fingerprint density at radius 1 is 1.15 bits per heavy atom. The molecule has 2 heterocycles. The van der Waals surface area contributed by atoms with Gasteiger partial charge in [-0.2, -0.15) is 5.10 Å². The monoisotopic (exact) mass is 745 g/mol. The molecule has 5 rings (SSSR count). The molecule has 2 atom stereocenters. The van der Waals surface area contributed by atoms with Crippen LogP contribution in [0.15, 0.2) is 52.2 Å². The summed E-state index contributed by atoms with van der Waals surface area (Å²) in [6, 6.07) is 8.29. The van der Waals surface area contributed by atoms with E-state index < -0.39 is 46.5 Å². The summed E-state index contributed by atoms with van der Waals surface area (Å²) in [6.07, 6.45) is 1.52. The molecule has 48 heavy (non-hydrogen) atoms. The molecule has 2 aromatic carbocycles. The summed E-state index contributed by atoms with van der Waals surface area (Å²) < 4.78 is 27.6. The third-order valence-corrected chi connectivity index (χ3v) is 8.32. The maximum atomic E-state index is 15.9. The summed E-state index contributed by atoms with van der Waals surface area (Å²) >= 11 is 9.85. The van der Waals surface area contributed by atoms with Gasteiger partial charge in [0, 0.05) is 21.6 Å². The molecule has 1 aliphatic carbocycles. The van der Waals surface area contributed by atoms with Crippen molar-refractivity contribution in [2.45, 2.75) is 84.0 Å². The number of amides is 3. The van der Waals surface area contributed by atoms with Crippen LogP contribution in [0.2, 0.25) is 5.02 Å². The van der Waals surface area contributed by atoms with Gasteiger partial charge in [-0.3, -0.25) is 20.1 Å². The molecule has 2 unspecified atom stereocenters. The second kappa shape index (κ2) is 13.5. The van der Waals surface area contributed by atoms with E-state index in [0.29, 0.717) is 26.4 Å². The van der Waals surface area contributed by atoms with Crippen molar-refractivity contribution in [2.24, 2.45) is 10.4 Å². The van der Waals surface area contributed by atoms with Crippen LogP contribution in [-0.4, -0.2) is 62.4 Å². The molecule has 0 radical (unpaired) electrons. The highest BCUT2D eigenvalue weighted by Gasteiger charge is 2.55. The molecule has 3 amide bonds. The molecule has 0 bridgehead atoms. The van der Waals surface area contributed by atoms with Crippen molar-refractivity contribution in [1.29, 1.82) is 0 Å². The Hall–Kier alpha value is -4.04. The van der Waals surface area contributed by atoms with E-state index in [9.17, 15) is 9.59 Å². The average molecular weight is 747 g/mol. The molecule has 12 nitrogen and oxygen atoms in total. The van der Waals surface area contributed by atoms with E-state index in [4.69, 9.17) is 26.1 Å². The fourth-order valence-corrected chi connectivity index (χ4v) is 6.05. The number of hydrogen-bond donors (Lipinski definition) is 3. The minimum atomic E-state index is -1.82. The third-order valence-electron chi connectivity index (χ3n) is 7.50. The predicted octanol–water partition coefficient (Wildman–Crippen LogP) is 7.01. The second-order valence-electron chi connectivity index (χ2n) is 14.1. The smallest absolute Gasteiger partial charge is 0.414 e. The highest BCUT2D eigenvalue weighted by atomic mass is 79.9. The van der Waals surface area contributed by atoms with Crippen molar-refractivity contribution in [3.8, 4) is 11.4 Å². The lowest BCUT2D eigenvalue weighted by molar-refractivity contribution is -0.135. The minimum Gasteiger partial charge on any atom is -0.447 e. The Morgan fingerprint density at radius 2 is 1.88 bits per heavy atom. The predicted molar refractivity (Wildman–Crippen MR) is 181 cm³/mol. The van der Waals surface area contributed by atoms with Gasteiger partial charge in [-0.15, -0.1) is 0 Å². The summed E-state index contributed by atoms with van der Waals surface area (Å²) in [5, 5.41) is 12.5. The lowest BCUT2D eigenvalue weighted by Crippen LogP contribution is -2.50. The maximum Gasteiger partial charge on any atom is 0.414 e. The molecule has 1 aromatic heterocycles. The average Bonchev–Trinajstić information content (AvgIpc) is 3.52. The molecule has 3 N–H and O–H groups in total. The van der Waals surface area contributed by atoms with Gasteiger partial charge < -0.3 is 14.8 Å². The third kappa shape index (κ3) is 8.15. The number of ether oxygens (including phenoxy) is 2. The number of halogens is 3. The standard InChI is InChI=1S/C33H38BrClFN7O5/c1-31(2,3)16-33(22-11-8-19(34)14-24(22)36)27(44)43(28(41-33)40-30(46)48-32(4,5)6)25(15-47-29(45)39-20-9-10-20)18-7-12-23(35)21(13-18)26-37-17-38-42-26/h7-8,11-14,17,20,25H,9-10,15-16H2,1-6H3,(H,39,45)(H,37,38,42)(H,40,41,46). The van der Waals surface area contributed by atoms with E-state index in [1.165, 1.54) is 23.4 Å². The van der Waals surface area contributed by atoms with E-state index in [-0.39, 0.29) is 30.6 Å². The largest absolute Gasteiger partial charge is 0.447 e. The van der Waals surface area contributed by atoms with Gasteiger partial charge in [0.1, 0.15) is 24.4 Å². The number of nitrogens with one attached hydrogen (secondary N) is 3. The summed E-state index contributed by atoms with van der Waals surface area (Å²) in [6.45, 7) is 10.4. The van der Waals surface area contributed by atoms with Crippen LogP contribution in [0.4, 0.5) is 14.0 Å². The fraction of sp³-hybridized carbons (Fsp3) is 0.455. The Morgan fingerprint density at radius 3 is 2.48 bits per heavy atom. The number of carbonyl (C=O) groups excluding carboxylic acids is 3. The number of hydrogen-bond acceptors (Lipinski definition) is 8. The number of rotatable bonds is 8. The van der Waals surface area contributed by atoms with E-state index in [1.807, 2.05) is 20.8 Å². The Bertz CT molecular complexity index is 1740. The van der Waals surface area contributed by atoms with E-state index in [0.717, 1.165) is 12.8 Å². The number of carbonyl (C=O) groups is 3. The van der Waals surface area contributed by atoms with Gasteiger partial charge in [-0.25, -0.2) is 24.0 Å². The SMILES string of the molecule is CC(C)(C)CC1(c2ccc(Br)cc2F)N=C(NC(=O)OC(C)(C)C)N(C(COC(=O)NC2CC2)c2ccc(Cl)c(-c3ncn[nH]3)c2)C1=O. The quantitative estimate of drug-likeness (QED) is 0.224. The molecule has 256 valence electrons. The molecule has 1 fully saturated rings. The first kappa shape index (κ1) is 35.3. The van der Waals surface area contributed by atoms with Gasteiger partial charge >= 0.3 is 12.2 Å². The van der Waals surface area contributed by atoms with Crippen molar-refractivity contribution in [1.82, 2.24) is 30.7 Å². The fourth-order valence-electron chi connectivity index (χ4n) is 5.51. The van der Waals surface area contributed by atoms with Crippen molar-refractivity contribution in [2.75, 3.05) is 6.61 Å². The summed E-state index contributed by atoms with van der Waals surface area (Å²) in [4.78, 5) is 51.4. The van der Waals surface area contributed by atoms with Crippen molar-refractivity contribution >= 4 is 51.6 Å². The van der Waals surface area contributed by atoms with Gasteiger partial charge in [0.2, 0.25) is 5.96 Å². The molecule has 0 saturated heterocycles. The van der Waals surface area contributed by atoms with Gasteiger partial charge in [0.25, 0.3) is 5.91 Å². The number of H-pyrrole nitrogens is 1. The van der Waals surface area contributed by atoms with Crippen LogP contribution in [0.5, 0.6) is 0 Å². The second-order valence-corrected chi connectivity index (χ2v) is 15.4. The zero-order valence-corrected chi connectivity index (χ0v) is 29.8. The van der Waals surface area contributed by atoms with Crippen LogP contribution < -0.4 is 10.6 Å². The number of benzene rings is 2. The van der Waals surface area contributed by atoms with E-state index in [1.54, 1.807) is 45.0 Å². The van der Waals surface area contributed by atoms with Gasteiger partial charge in [-0.05, 0) is 75.3 Å². The zero-order chi connectivity index (χ0) is 35.0. The summed E-state index contributed by atoms with van der Waals surface area (Å²) in [7, 11) is 0. The van der Waals surface area contributed by atoms with Gasteiger partial charge in [0.15, 0.2) is 11.4 Å². The first-order valence-corrected chi connectivity index (χ1v) is 16.6. The molecule has 0 spiro atoms. The van der Waals surface area contributed by atoms with Crippen LogP contribution in [-0.2, 0) is 19.8 Å². The van der Waals surface area contributed by atoms with Crippen LogP contribution in [0.25, 0.3) is 11.4 Å². The lowest BCUT2D eigenvalue weighted by Gasteiger charge is -2.35. The number of aromatic amines is 1. The first-order chi connectivity index (χ1) is 22.5. The van der Waals surface area contributed by atoms with Gasteiger partial charge in [-0.1, -0.05) is 60.4 Å². The van der Waals surface area contributed by atoms with Crippen LogP contribution in [0, 0.1) is 11.2 Å². The van der Waals surface area contributed by atoms with Crippen molar-refractivity contribution < 1.29 is 28.2 Å². The number of aromatic nitrogens is 3.